The van der Waals surface area contributed by atoms with Crippen LogP contribution in [-0.2, 0) is 4.79 Å². The lowest BCUT2D eigenvalue weighted by atomic mass is 9.79. The number of halogens is 2. The fourth-order valence-electron chi connectivity index (χ4n) is 3.46. The van der Waals surface area contributed by atoms with Crippen molar-refractivity contribution >= 4 is 17.6 Å². The number of nitrogens with one attached hydrogen (secondary N) is 2. The van der Waals surface area contributed by atoms with Gasteiger partial charge >= 0.3 is 6.03 Å². The number of piperidine rings is 1. The lowest BCUT2D eigenvalue weighted by molar-refractivity contribution is -0.125. The maximum atomic E-state index is 14.1. The normalized spacial score (nSPS) is 24.5. The Morgan fingerprint density at radius 1 is 1.25 bits per heavy atom. The third kappa shape index (κ3) is 2.56. The summed E-state index contributed by atoms with van der Waals surface area (Å²) in [5.74, 6) is -2.04. The number of anilines is 1. The van der Waals surface area contributed by atoms with E-state index in [-0.39, 0.29) is 23.1 Å². The maximum Gasteiger partial charge on any atom is 0.322 e. The van der Waals surface area contributed by atoms with Crippen molar-refractivity contribution in [3.8, 4) is 6.07 Å². The molecule has 2 saturated heterocycles. The van der Waals surface area contributed by atoms with Crippen LogP contribution >= 0.6 is 0 Å². The van der Waals surface area contributed by atoms with Gasteiger partial charge in [0.1, 0.15) is 11.2 Å². The standard InChI is InChI=1S/C16H16F2N4O2/c1-16(14(23)20-15(24)21-16)10-2-4-22(5-3-10)13-11(17)6-9(8-19)7-12(13)18/h6-7,10H,2-5H2,1H3,(H2,20,21,23,24). The summed E-state index contributed by atoms with van der Waals surface area (Å²) in [7, 11) is 0. The number of nitriles is 1. The van der Waals surface area contributed by atoms with Gasteiger partial charge in [0, 0.05) is 13.1 Å². The van der Waals surface area contributed by atoms with Gasteiger partial charge in [0.2, 0.25) is 0 Å². The highest BCUT2D eigenvalue weighted by Gasteiger charge is 2.48. The first-order valence-electron chi connectivity index (χ1n) is 7.63. The van der Waals surface area contributed by atoms with E-state index >= 15 is 0 Å². The molecule has 1 aromatic rings. The molecular formula is C16H16F2N4O2. The Morgan fingerprint density at radius 2 is 1.83 bits per heavy atom. The fourth-order valence-corrected chi connectivity index (χ4v) is 3.46. The number of nitrogens with zero attached hydrogens (tertiary/aromatic N) is 2. The van der Waals surface area contributed by atoms with Crippen molar-refractivity contribution in [2.24, 2.45) is 5.92 Å². The van der Waals surface area contributed by atoms with Crippen LogP contribution in [0.15, 0.2) is 12.1 Å². The molecule has 6 nitrogen and oxygen atoms in total. The van der Waals surface area contributed by atoms with Crippen molar-refractivity contribution in [3.63, 3.8) is 0 Å². The van der Waals surface area contributed by atoms with E-state index in [9.17, 15) is 18.4 Å². The molecule has 1 aromatic carbocycles. The molecule has 8 heteroatoms. The second-order valence-electron chi connectivity index (χ2n) is 6.27. The van der Waals surface area contributed by atoms with Gasteiger partial charge in [-0.25, -0.2) is 13.6 Å². The van der Waals surface area contributed by atoms with Crippen molar-refractivity contribution in [2.75, 3.05) is 18.0 Å². The predicted octanol–water partition coefficient (Wildman–Crippen LogP) is 1.65. The number of urea groups is 1. The van der Waals surface area contributed by atoms with Crippen molar-refractivity contribution in [3.05, 3.63) is 29.3 Å². The van der Waals surface area contributed by atoms with Gasteiger partial charge in [-0.15, -0.1) is 0 Å². The minimum Gasteiger partial charge on any atom is -0.367 e. The average molecular weight is 334 g/mol. The van der Waals surface area contributed by atoms with Crippen molar-refractivity contribution in [1.29, 1.82) is 5.26 Å². The topological polar surface area (TPSA) is 85.2 Å². The summed E-state index contributed by atoms with van der Waals surface area (Å²) in [4.78, 5) is 24.9. The van der Waals surface area contributed by atoms with E-state index in [1.807, 2.05) is 0 Å². The Bertz CT molecular complexity index is 730. The van der Waals surface area contributed by atoms with Crippen LogP contribution in [0.1, 0.15) is 25.3 Å². The summed E-state index contributed by atoms with van der Waals surface area (Å²) < 4.78 is 28.2. The van der Waals surface area contributed by atoms with Crippen LogP contribution in [0.2, 0.25) is 0 Å². The molecule has 0 radical (unpaired) electrons. The lowest BCUT2D eigenvalue weighted by Gasteiger charge is -2.39. The van der Waals surface area contributed by atoms with Crippen LogP contribution in [-0.4, -0.2) is 30.6 Å². The number of hydrogen-bond donors (Lipinski definition) is 2. The molecular weight excluding hydrogens is 318 g/mol. The van der Waals surface area contributed by atoms with Gasteiger partial charge in [-0.1, -0.05) is 0 Å². The highest BCUT2D eigenvalue weighted by Crippen LogP contribution is 2.34. The Hall–Kier alpha value is -2.69. The first-order valence-corrected chi connectivity index (χ1v) is 7.63. The quantitative estimate of drug-likeness (QED) is 0.806. The first kappa shape index (κ1) is 16.2. The summed E-state index contributed by atoms with van der Waals surface area (Å²) in [6, 6.07) is 3.22. The lowest BCUT2D eigenvalue weighted by Crippen LogP contribution is -2.54. The molecule has 0 bridgehead atoms. The molecule has 2 heterocycles. The molecule has 3 rings (SSSR count). The molecule has 24 heavy (non-hydrogen) atoms. The summed E-state index contributed by atoms with van der Waals surface area (Å²) in [5.41, 5.74) is -1.22. The molecule has 2 aliphatic rings. The zero-order valence-electron chi connectivity index (χ0n) is 13.0. The Balaban J connectivity index is 1.76. The Kier molecular flexibility index (Phi) is 3.87. The van der Waals surface area contributed by atoms with Crippen molar-refractivity contribution in [2.45, 2.75) is 25.3 Å². The molecule has 0 aliphatic carbocycles. The minimum absolute atomic E-state index is 0.0681. The van der Waals surface area contributed by atoms with Gasteiger partial charge in [0.15, 0.2) is 11.6 Å². The number of carbonyl (C=O) groups is 2. The number of carbonyl (C=O) groups excluding carboxylic acids is 2. The zero-order chi connectivity index (χ0) is 17.5. The second kappa shape index (κ2) is 5.74. The molecule has 1 atom stereocenters. The van der Waals surface area contributed by atoms with Crippen LogP contribution in [0, 0.1) is 28.9 Å². The van der Waals surface area contributed by atoms with Gasteiger partial charge < -0.3 is 10.2 Å². The number of rotatable bonds is 2. The molecule has 126 valence electrons. The first-order chi connectivity index (χ1) is 11.3. The van der Waals surface area contributed by atoms with Crippen LogP contribution in [0.3, 0.4) is 0 Å². The molecule has 1 unspecified atom stereocenters. The van der Waals surface area contributed by atoms with Crippen LogP contribution in [0.5, 0.6) is 0 Å². The number of hydrogen-bond acceptors (Lipinski definition) is 4. The van der Waals surface area contributed by atoms with E-state index in [0.29, 0.717) is 25.9 Å². The molecule has 0 aromatic heterocycles. The van der Waals surface area contributed by atoms with E-state index < -0.39 is 23.2 Å². The average Bonchev–Trinajstić information content (AvgIpc) is 2.80. The van der Waals surface area contributed by atoms with E-state index in [2.05, 4.69) is 10.6 Å². The van der Waals surface area contributed by atoms with Gasteiger partial charge in [-0.2, -0.15) is 5.26 Å². The summed E-state index contributed by atoms with van der Waals surface area (Å²) in [5, 5.41) is 13.6. The summed E-state index contributed by atoms with van der Waals surface area (Å²) in [6.45, 7) is 2.36. The van der Waals surface area contributed by atoms with Crippen LogP contribution < -0.4 is 15.5 Å². The minimum atomic E-state index is -0.995. The largest absolute Gasteiger partial charge is 0.367 e. The fraction of sp³-hybridized carbons (Fsp3) is 0.438. The van der Waals surface area contributed by atoms with Crippen LogP contribution in [0.25, 0.3) is 0 Å². The maximum absolute atomic E-state index is 14.1. The third-order valence-electron chi connectivity index (χ3n) is 4.85. The van der Waals surface area contributed by atoms with Crippen molar-refractivity contribution < 1.29 is 18.4 Å². The van der Waals surface area contributed by atoms with E-state index in [1.54, 1.807) is 17.9 Å². The second-order valence-corrected chi connectivity index (χ2v) is 6.27. The third-order valence-corrected chi connectivity index (χ3v) is 4.85. The number of amides is 3. The molecule has 2 aliphatic heterocycles. The van der Waals surface area contributed by atoms with E-state index in [4.69, 9.17) is 5.26 Å². The monoisotopic (exact) mass is 334 g/mol. The van der Waals surface area contributed by atoms with E-state index in [1.165, 1.54) is 0 Å². The Labute approximate surface area is 137 Å². The van der Waals surface area contributed by atoms with Crippen LogP contribution in [0.4, 0.5) is 19.3 Å². The highest BCUT2D eigenvalue weighted by molar-refractivity contribution is 6.06. The molecule has 0 spiro atoms. The van der Waals surface area contributed by atoms with Gasteiger partial charge in [0.05, 0.1) is 11.6 Å². The SMILES string of the molecule is CC1(C2CCN(c3c(F)cc(C#N)cc3F)CC2)NC(=O)NC1=O. The Morgan fingerprint density at radius 3 is 2.29 bits per heavy atom. The zero-order valence-corrected chi connectivity index (χ0v) is 13.0. The smallest absolute Gasteiger partial charge is 0.322 e. The number of imide groups is 1. The van der Waals surface area contributed by atoms with Gasteiger partial charge in [-0.3, -0.25) is 10.1 Å². The van der Waals surface area contributed by atoms with Crippen molar-refractivity contribution in [1.82, 2.24) is 10.6 Å². The number of benzene rings is 1. The predicted molar refractivity (Wildman–Crippen MR) is 81.1 cm³/mol. The highest BCUT2D eigenvalue weighted by atomic mass is 19.1. The molecule has 0 saturated carbocycles. The summed E-state index contributed by atoms with van der Waals surface area (Å²) in [6.07, 6.45) is 1.01. The molecule has 3 amide bonds. The van der Waals surface area contributed by atoms with Gasteiger partial charge in [-0.05, 0) is 37.8 Å². The summed E-state index contributed by atoms with van der Waals surface area (Å²) >= 11 is 0. The molecule has 2 fully saturated rings. The molecule has 2 N–H and O–H groups in total. The van der Waals surface area contributed by atoms with E-state index in [0.717, 1.165) is 12.1 Å². The van der Waals surface area contributed by atoms with Gasteiger partial charge in [0.25, 0.3) is 5.91 Å².